The van der Waals surface area contributed by atoms with Gasteiger partial charge in [0.1, 0.15) is 18.5 Å². The summed E-state index contributed by atoms with van der Waals surface area (Å²) in [6, 6.07) is 4.99. The molecule has 2 rings (SSSR count). The van der Waals surface area contributed by atoms with Crippen molar-refractivity contribution in [3.05, 3.63) is 35.1 Å². The van der Waals surface area contributed by atoms with Crippen molar-refractivity contribution in [1.29, 1.82) is 0 Å². The van der Waals surface area contributed by atoms with Crippen LogP contribution in [-0.2, 0) is 9.53 Å². The van der Waals surface area contributed by atoms with Crippen molar-refractivity contribution in [2.45, 2.75) is 13.0 Å². The smallest absolute Gasteiger partial charge is 0.246 e. The predicted molar refractivity (Wildman–Crippen MR) is 52.8 cm³/mol. The number of carbonyl (C=O) groups is 1. The molecule has 1 amide bonds. The molecule has 1 unspecified atom stereocenters. The van der Waals surface area contributed by atoms with Gasteiger partial charge >= 0.3 is 0 Å². The van der Waals surface area contributed by atoms with Crippen LogP contribution in [0.1, 0.15) is 17.2 Å². The molecule has 4 heteroatoms. The number of aryl methyl sites for hydroxylation is 1. The summed E-state index contributed by atoms with van der Waals surface area (Å²) in [5.74, 6) is -0.369. The molecule has 3 nitrogen and oxygen atoms in total. The molecule has 1 saturated heterocycles. The minimum Gasteiger partial charge on any atom is -0.362 e. The van der Waals surface area contributed by atoms with E-state index < -0.39 is 0 Å². The lowest BCUT2D eigenvalue weighted by molar-refractivity contribution is -0.133. The van der Waals surface area contributed by atoms with Crippen molar-refractivity contribution < 1.29 is 13.9 Å². The van der Waals surface area contributed by atoms with Crippen molar-refractivity contribution >= 4 is 5.91 Å². The van der Waals surface area contributed by atoms with E-state index in [-0.39, 0.29) is 24.4 Å². The molecule has 0 radical (unpaired) electrons. The first-order valence-corrected chi connectivity index (χ1v) is 4.81. The molecule has 0 saturated carbocycles. The second-order valence-corrected chi connectivity index (χ2v) is 3.61. The molecule has 0 aliphatic carbocycles. The number of rotatable bonds is 1. The van der Waals surface area contributed by atoms with Crippen LogP contribution in [0.4, 0.5) is 4.39 Å². The highest BCUT2D eigenvalue weighted by Gasteiger charge is 2.20. The van der Waals surface area contributed by atoms with E-state index >= 15 is 0 Å². The molecule has 0 bridgehead atoms. The van der Waals surface area contributed by atoms with Crippen LogP contribution in [-0.4, -0.2) is 19.1 Å². The minimum absolute atomic E-state index is 0.0418. The Labute approximate surface area is 87.2 Å². The van der Waals surface area contributed by atoms with E-state index in [1.165, 1.54) is 6.07 Å². The van der Waals surface area contributed by atoms with Crippen molar-refractivity contribution in [3.8, 4) is 0 Å². The monoisotopic (exact) mass is 209 g/mol. The van der Waals surface area contributed by atoms with Gasteiger partial charge in [-0.15, -0.1) is 0 Å². The van der Waals surface area contributed by atoms with Crippen LogP contribution in [0.5, 0.6) is 0 Å². The zero-order valence-corrected chi connectivity index (χ0v) is 8.42. The Kier molecular flexibility index (Phi) is 2.68. The highest BCUT2D eigenvalue weighted by atomic mass is 19.1. The largest absolute Gasteiger partial charge is 0.362 e. The molecule has 1 aromatic rings. The van der Waals surface area contributed by atoms with E-state index in [4.69, 9.17) is 4.74 Å². The Balaban J connectivity index is 2.16. The second kappa shape index (κ2) is 3.98. The van der Waals surface area contributed by atoms with Gasteiger partial charge in [-0.05, 0) is 24.1 Å². The maximum absolute atomic E-state index is 13.3. The third-order valence-electron chi connectivity index (χ3n) is 2.47. The van der Waals surface area contributed by atoms with Crippen LogP contribution in [0.3, 0.4) is 0 Å². The van der Waals surface area contributed by atoms with Crippen molar-refractivity contribution in [2.75, 3.05) is 13.2 Å². The average molecular weight is 209 g/mol. The van der Waals surface area contributed by atoms with Gasteiger partial charge in [0, 0.05) is 6.54 Å². The van der Waals surface area contributed by atoms with Crippen molar-refractivity contribution in [3.63, 3.8) is 0 Å². The quantitative estimate of drug-likeness (QED) is 0.757. The number of nitrogens with one attached hydrogen (secondary N) is 1. The zero-order chi connectivity index (χ0) is 10.8. The molecule has 0 spiro atoms. The first-order chi connectivity index (χ1) is 7.16. The summed E-state index contributed by atoms with van der Waals surface area (Å²) in [5, 5.41) is 2.68. The number of hydrogen-bond acceptors (Lipinski definition) is 2. The standard InChI is InChI=1S/C11H12FNO2/c1-7-2-3-8(4-9(7)12)10-5-13-11(14)6-15-10/h2-4,10H,5-6H2,1H3,(H,13,14). The first kappa shape index (κ1) is 10.1. The molecule has 1 aliphatic heterocycles. The van der Waals surface area contributed by atoms with Gasteiger partial charge in [-0.25, -0.2) is 4.39 Å². The second-order valence-electron chi connectivity index (χ2n) is 3.61. The summed E-state index contributed by atoms with van der Waals surface area (Å²) in [5.41, 5.74) is 1.37. The van der Waals surface area contributed by atoms with E-state index in [2.05, 4.69) is 5.32 Å². The maximum Gasteiger partial charge on any atom is 0.246 e. The van der Waals surface area contributed by atoms with Crippen molar-refractivity contribution in [1.82, 2.24) is 5.32 Å². The van der Waals surface area contributed by atoms with Gasteiger partial charge < -0.3 is 10.1 Å². The number of benzene rings is 1. The van der Waals surface area contributed by atoms with Gasteiger partial charge in [-0.2, -0.15) is 0 Å². The summed E-state index contributed by atoms with van der Waals surface area (Å²) < 4.78 is 18.6. The highest BCUT2D eigenvalue weighted by Crippen LogP contribution is 2.20. The first-order valence-electron chi connectivity index (χ1n) is 4.81. The van der Waals surface area contributed by atoms with E-state index in [0.29, 0.717) is 12.1 Å². The van der Waals surface area contributed by atoms with Crippen LogP contribution in [0.25, 0.3) is 0 Å². The van der Waals surface area contributed by atoms with Gasteiger partial charge in [0.05, 0.1) is 0 Å². The average Bonchev–Trinajstić information content (AvgIpc) is 2.23. The van der Waals surface area contributed by atoms with E-state index in [1.54, 1.807) is 13.0 Å². The lowest BCUT2D eigenvalue weighted by atomic mass is 10.1. The predicted octanol–water partition coefficient (Wildman–Crippen LogP) is 1.32. The zero-order valence-electron chi connectivity index (χ0n) is 8.42. The SMILES string of the molecule is Cc1ccc(C2CNC(=O)CO2)cc1F. The molecule has 1 aromatic carbocycles. The molecule has 1 fully saturated rings. The normalized spacial score (nSPS) is 21.2. The Morgan fingerprint density at radius 1 is 1.53 bits per heavy atom. The molecular weight excluding hydrogens is 197 g/mol. The number of halogens is 1. The number of amides is 1. The number of ether oxygens (including phenoxy) is 1. The molecule has 1 N–H and O–H groups in total. The molecule has 1 aliphatic rings. The Morgan fingerprint density at radius 3 is 2.93 bits per heavy atom. The number of morpholine rings is 1. The number of hydrogen-bond donors (Lipinski definition) is 1. The maximum atomic E-state index is 13.3. The van der Waals surface area contributed by atoms with Crippen LogP contribution < -0.4 is 5.32 Å². The van der Waals surface area contributed by atoms with Crippen LogP contribution in [0.15, 0.2) is 18.2 Å². The summed E-state index contributed by atoms with van der Waals surface area (Å²) in [4.78, 5) is 10.9. The van der Waals surface area contributed by atoms with Gasteiger partial charge in [0.2, 0.25) is 5.91 Å². The van der Waals surface area contributed by atoms with E-state index in [0.717, 1.165) is 5.56 Å². The topological polar surface area (TPSA) is 38.3 Å². The van der Waals surface area contributed by atoms with E-state index in [9.17, 15) is 9.18 Å². The lowest BCUT2D eigenvalue weighted by Crippen LogP contribution is -2.38. The Morgan fingerprint density at radius 2 is 2.33 bits per heavy atom. The van der Waals surface area contributed by atoms with Gasteiger partial charge in [-0.1, -0.05) is 12.1 Å². The molecule has 1 atom stereocenters. The van der Waals surface area contributed by atoms with Crippen LogP contribution >= 0.6 is 0 Å². The van der Waals surface area contributed by atoms with Crippen LogP contribution in [0, 0.1) is 12.7 Å². The van der Waals surface area contributed by atoms with Crippen LogP contribution in [0.2, 0.25) is 0 Å². The Hall–Kier alpha value is -1.42. The molecule has 0 aromatic heterocycles. The fourth-order valence-corrected chi connectivity index (χ4v) is 1.52. The van der Waals surface area contributed by atoms with E-state index in [1.807, 2.05) is 6.07 Å². The van der Waals surface area contributed by atoms with Gasteiger partial charge in [-0.3, -0.25) is 4.79 Å². The fraction of sp³-hybridized carbons (Fsp3) is 0.364. The Bertz CT molecular complexity index is 382. The molecule has 15 heavy (non-hydrogen) atoms. The number of carbonyl (C=O) groups excluding carboxylic acids is 1. The molecule has 1 heterocycles. The minimum atomic E-state index is -0.243. The van der Waals surface area contributed by atoms with Gasteiger partial charge in [0.25, 0.3) is 0 Å². The summed E-state index contributed by atoms with van der Waals surface area (Å²) in [6.07, 6.45) is -0.238. The summed E-state index contributed by atoms with van der Waals surface area (Å²) in [6.45, 7) is 2.16. The van der Waals surface area contributed by atoms with Gasteiger partial charge in [0.15, 0.2) is 0 Å². The summed E-state index contributed by atoms with van der Waals surface area (Å²) in [7, 11) is 0. The molecule has 80 valence electrons. The van der Waals surface area contributed by atoms with Crippen molar-refractivity contribution in [2.24, 2.45) is 0 Å². The lowest BCUT2D eigenvalue weighted by Gasteiger charge is -2.23. The molecular formula is C11H12FNO2. The third kappa shape index (κ3) is 2.15. The fourth-order valence-electron chi connectivity index (χ4n) is 1.52. The highest BCUT2D eigenvalue weighted by molar-refractivity contribution is 5.77. The summed E-state index contributed by atoms with van der Waals surface area (Å²) >= 11 is 0. The third-order valence-corrected chi connectivity index (χ3v) is 2.47.